The van der Waals surface area contributed by atoms with Gasteiger partial charge in [0.05, 0.1) is 10.6 Å². The van der Waals surface area contributed by atoms with Crippen LogP contribution in [0.1, 0.15) is 29.6 Å². The molecule has 0 aliphatic carbocycles. The Morgan fingerprint density at radius 2 is 2.11 bits per heavy atom. The summed E-state index contributed by atoms with van der Waals surface area (Å²) in [5.74, 6) is -0.0784. The summed E-state index contributed by atoms with van der Waals surface area (Å²) in [6.07, 6.45) is 2.58. The number of hydrogen-bond acceptors (Lipinski definition) is 2. The number of halogens is 2. The molecule has 0 spiro atoms. The number of aliphatic hydroxyl groups excluding tert-OH is 1. The van der Waals surface area contributed by atoms with E-state index >= 15 is 0 Å². The van der Waals surface area contributed by atoms with E-state index < -0.39 is 0 Å². The predicted molar refractivity (Wildman–Crippen MR) is 77.0 cm³/mol. The zero-order valence-corrected chi connectivity index (χ0v) is 12.7. The molecule has 18 heavy (non-hydrogen) atoms. The van der Waals surface area contributed by atoms with Gasteiger partial charge in [0.15, 0.2) is 0 Å². The van der Waals surface area contributed by atoms with Gasteiger partial charge in [-0.2, -0.15) is 0 Å². The highest BCUT2D eigenvalue weighted by atomic mass is 79.9. The molecule has 0 bridgehead atoms. The van der Waals surface area contributed by atoms with E-state index in [0.717, 1.165) is 23.7 Å². The normalized spacial score (nSPS) is 10.4. The Kier molecular flexibility index (Phi) is 6.68. The Morgan fingerprint density at radius 3 is 2.78 bits per heavy atom. The van der Waals surface area contributed by atoms with E-state index in [2.05, 4.69) is 15.9 Å². The summed E-state index contributed by atoms with van der Waals surface area (Å²) in [6.45, 7) is 0.872. The lowest BCUT2D eigenvalue weighted by Crippen LogP contribution is -2.28. The number of carbonyl (C=O) groups excluding carboxylic acids is 1. The van der Waals surface area contributed by atoms with Gasteiger partial charge in [-0.15, -0.1) is 0 Å². The molecule has 5 heteroatoms. The lowest BCUT2D eigenvalue weighted by Gasteiger charge is -2.18. The van der Waals surface area contributed by atoms with Crippen LogP contribution in [0.25, 0.3) is 0 Å². The molecule has 100 valence electrons. The molecule has 0 saturated heterocycles. The molecule has 0 atom stereocenters. The first-order valence-electron chi connectivity index (χ1n) is 5.87. The molecule has 0 unspecified atom stereocenters. The van der Waals surface area contributed by atoms with Gasteiger partial charge < -0.3 is 10.0 Å². The summed E-state index contributed by atoms with van der Waals surface area (Å²) < 4.78 is 0.837. The molecule has 3 nitrogen and oxygen atoms in total. The van der Waals surface area contributed by atoms with Crippen LogP contribution in [0.5, 0.6) is 0 Å². The quantitative estimate of drug-likeness (QED) is 0.811. The van der Waals surface area contributed by atoms with E-state index in [1.165, 1.54) is 0 Å². The number of hydrogen-bond donors (Lipinski definition) is 1. The number of amides is 1. The van der Waals surface area contributed by atoms with Crippen LogP contribution in [0.2, 0.25) is 5.02 Å². The highest BCUT2D eigenvalue weighted by molar-refractivity contribution is 9.10. The molecule has 0 radical (unpaired) electrons. The van der Waals surface area contributed by atoms with Crippen molar-refractivity contribution < 1.29 is 9.90 Å². The first-order valence-corrected chi connectivity index (χ1v) is 7.04. The molecule has 0 aliphatic heterocycles. The number of nitrogens with zero attached hydrogens (tertiary/aromatic N) is 1. The zero-order valence-electron chi connectivity index (χ0n) is 10.3. The third kappa shape index (κ3) is 4.59. The Hall–Kier alpha value is -0.580. The van der Waals surface area contributed by atoms with Gasteiger partial charge in [0.25, 0.3) is 5.91 Å². The molecule has 1 amide bonds. The second kappa shape index (κ2) is 7.77. The molecule has 1 rings (SSSR count). The van der Waals surface area contributed by atoms with E-state index in [1.54, 1.807) is 30.1 Å². The highest BCUT2D eigenvalue weighted by Gasteiger charge is 2.15. The first kappa shape index (κ1) is 15.5. The predicted octanol–water partition coefficient (Wildman–Crippen LogP) is 3.34. The van der Waals surface area contributed by atoms with Gasteiger partial charge in [0, 0.05) is 24.7 Å². The van der Waals surface area contributed by atoms with Crippen LogP contribution in [0, 0.1) is 0 Å². The summed E-state index contributed by atoms with van der Waals surface area (Å²) >= 11 is 9.35. The molecule has 1 aromatic carbocycles. The fourth-order valence-corrected chi connectivity index (χ4v) is 2.17. The molecule has 1 N–H and O–H groups in total. The lowest BCUT2D eigenvalue weighted by molar-refractivity contribution is 0.0792. The molecule has 0 heterocycles. The van der Waals surface area contributed by atoms with Crippen molar-refractivity contribution in [2.24, 2.45) is 0 Å². The minimum absolute atomic E-state index is 0.0784. The minimum Gasteiger partial charge on any atom is -0.396 e. The van der Waals surface area contributed by atoms with Crippen molar-refractivity contribution in [3.8, 4) is 0 Å². The average molecular weight is 335 g/mol. The van der Waals surface area contributed by atoms with Crippen LogP contribution in [0.15, 0.2) is 22.7 Å². The van der Waals surface area contributed by atoms with E-state index in [9.17, 15) is 4.79 Å². The SMILES string of the molecule is CN(CCCCCO)C(=O)c1cc(Br)ccc1Cl. The van der Waals surface area contributed by atoms with Gasteiger partial charge in [0.2, 0.25) is 0 Å². The van der Waals surface area contributed by atoms with Crippen LogP contribution in [-0.2, 0) is 0 Å². The summed E-state index contributed by atoms with van der Waals surface area (Å²) in [5, 5.41) is 9.15. The maximum absolute atomic E-state index is 12.2. The maximum atomic E-state index is 12.2. The van der Waals surface area contributed by atoms with Crippen molar-refractivity contribution in [3.63, 3.8) is 0 Å². The van der Waals surface area contributed by atoms with Crippen molar-refractivity contribution in [1.82, 2.24) is 4.90 Å². The smallest absolute Gasteiger partial charge is 0.255 e. The second-order valence-corrected chi connectivity index (χ2v) is 5.46. The molecule has 0 saturated carbocycles. The van der Waals surface area contributed by atoms with Crippen molar-refractivity contribution in [1.29, 1.82) is 0 Å². The Bertz CT molecular complexity index is 412. The second-order valence-electron chi connectivity index (χ2n) is 4.14. The zero-order chi connectivity index (χ0) is 13.5. The lowest BCUT2D eigenvalue weighted by atomic mass is 10.2. The fraction of sp³-hybridized carbons (Fsp3) is 0.462. The summed E-state index contributed by atoms with van der Waals surface area (Å²) in [7, 11) is 1.76. The van der Waals surface area contributed by atoms with E-state index in [0.29, 0.717) is 17.1 Å². The number of benzene rings is 1. The Balaban J connectivity index is 2.60. The minimum atomic E-state index is -0.0784. The van der Waals surface area contributed by atoms with Gasteiger partial charge >= 0.3 is 0 Å². The van der Waals surface area contributed by atoms with Gasteiger partial charge in [0.1, 0.15) is 0 Å². The molecule has 0 aliphatic rings. The summed E-state index contributed by atoms with van der Waals surface area (Å²) in [5.41, 5.74) is 0.510. The van der Waals surface area contributed by atoms with Crippen molar-refractivity contribution >= 4 is 33.4 Å². The summed E-state index contributed by atoms with van der Waals surface area (Å²) in [4.78, 5) is 13.8. The Labute approximate surface area is 121 Å². The van der Waals surface area contributed by atoms with Gasteiger partial charge in [-0.05, 0) is 37.5 Å². The highest BCUT2D eigenvalue weighted by Crippen LogP contribution is 2.22. The van der Waals surface area contributed by atoms with Gasteiger partial charge in [-0.1, -0.05) is 27.5 Å². The molecule has 0 aromatic heterocycles. The summed E-state index contributed by atoms with van der Waals surface area (Å²) in [6, 6.07) is 5.24. The molecular weight excluding hydrogens is 318 g/mol. The fourth-order valence-electron chi connectivity index (χ4n) is 1.61. The molecule has 0 fully saturated rings. The van der Waals surface area contributed by atoms with Crippen LogP contribution in [-0.4, -0.2) is 36.1 Å². The largest absolute Gasteiger partial charge is 0.396 e. The Morgan fingerprint density at radius 1 is 1.39 bits per heavy atom. The van der Waals surface area contributed by atoms with Gasteiger partial charge in [-0.3, -0.25) is 4.79 Å². The monoisotopic (exact) mass is 333 g/mol. The average Bonchev–Trinajstić information content (AvgIpc) is 2.36. The van der Waals surface area contributed by atoms with Crippen LogP contribution in [0.3, 0.4) is 0 Å². The third-order valence-electron chi connectivity index (χ3n) is 2.66. The molecular formula is C13H17BrClNO2. The third-order valence-corrected chi connectivity index (χ3v) is 3.48. The van der Waals surface area contributed by atoms with Crippen LogP contribution in [0.4, 0.5) is 0 Å². The number of carbonyl (C=O) groups is 1. The van der Waals surface area contributed by atoms with Crippen molar-refractivity contribution in [3.05, 3.63) is 33.3 Å². The van der Waals surface area contributed by atoms with E-state index in [1.807, 2.05) is 0 Å². The van der Waals surface area contributed by atoms with E-state index in [4.69, 9.17) is 16.7 Å². The van der Waals surface area contributed by atoms with Crippen LogP contribution < -0.4 is 0 Å². The van der Waals surface area contributed by atoms with Crippen molar-refractivity contribution in [2.45, 2.75) is 19.3 Å². The first-order chi connectivity index (χ1) is 8.56. The topological polar surface area (TPSA) is 40.5 Å². The number of unbranched alkanes of at least 4 members (excludes halogenated alkanes) is 2. The molecule has 1 aromatic rings. The van der Waals surface area contributed by atoms with Gasteiger partial charge in [-0.25, -0.2) is 0 Å². The number of aliphatic hydroxyl groups is 1. The maximum Gasteiger partial charge on any atom is 0.255 e. The standard InChI is InChI=1S/C13H17BrClNO2/c1-16(7-3-2-4-8-17)13(18)11-9-10(14)5-6-12(11)15/h5-6,9,17H,2-4,7-8H2,1H3. The number of rotatable bonds is 6. The van der Waals surface area contributed by atoms with Crippen LogP contribution >= 0.6 is 27.5 Å². The van der Waals surface area contributed by atoms with E-state index in [-0.39, 0.29) is 12.5 Å². The van der Waals surface area contributed by atoms with Crippen molar-refractivity contribution in [2.75, 3.05) is 20.2 Å².